The molecule has 6 heteroatoms. The maximum Gasteiger partial charge on any atom is 0.0885 e. The van der Waals surface area contributed by atoms with E-state index >= 15 is 0 Å². The van der Waals surface area contributed by atoms with E-state index in [0.717, 1.165) is 16.8 Å². The molecular weight excluding hydrogens is 240 g/mol. The molecule has 0 aliphatic carbocycles. The molecule has 1 aromatic carbocycles. The van der Waals surface area contributed by atoms with E-state index in [9.17, 15) is 0 Å². The van der Waals surface area contributed by atoms with E-state index in [4.69, 9.17) is 16.4 Å². The highest BCUT2D eigenvalue weighted by molar-refractivity contribution is 5.80. The number of nitriles is 2. The lowest BCUT2D eigenvalue weighted by atomic mass is 10.1. The van der Waals surface area contributed by atoms with Crippen LogP contribution in [0.4, 0.5) is 0 Å². The van der Waals surface area contributed by atoms with Crippen LogP contribution < -0.4 is 5.84 Å². The van der Waals surface area contributed by atoms with Gasteiger partial charge in [0.25, 0.3) is 0 Å². The predicted molar refractivity (Wildman–Crippen MR) is 72.6 cm³/mol. The van der Waals surface area contributed by atoms with E-state index in [2.05, 4.69) is 28.2 Å². The van der Waals surface area contributed by atoms with Gasteiger partial charge in [-0.15, -0.1) is 0 Å². The van der Waals surface area contributed by atoms with E-state index in [1.165, 1.54) is 0 Å². The van der Waals surface area contributed by atoms with E-state index < -0.39 is 0 Å². The first-order valence-corrected chi connectivity index (χ1v) is 5.01. The van der Waals surface area contributed by atoms with Crippen LogP contribution in [0.5, 0.6) is 0 Å². The van der Waals surface area contributed by atoms with Gasteiger partial charge in [0.15, 0.2) is 0 Å². The Labute approximate surface area is 111 Å². The highest BCUT2D eigenvalue weighted by Gasteiger charge is 1.97. The van der Waals surface area contributed by atoms with Crippen molar-refractivity contribution in [3.05, 3.63) is 48.4 Å². The Bertz CT molecular complexity index is 521. The quantitative estimate of drug-likeness (QED) is 0.496. The highest BCUT2D eigenvalue weighted by Crippen LogP contribution is 2.15. The fraction of sp³-hybridized carbons (Fsp3) is 0. The van der Waals surface area contributed by atoms with Crippen molar-refractivity contribution in [1.29, 1.82) is 10.5 Å². The van der Waals surface area contributed by atoms with E-state index in [0.29, 0.717) is 0 Å². The average molecular weight is 252 g/mol. The number of hydrogen-bond acceptors (Lipinski definition) is 6. The SMILES string of the molecule is C#N.C#N.NN=Cc1ccc(-c2cnccn2)cc1. The monoisotopic (exact) mass is 252 g/mol. The fourth-order valence-corrected chi connectivity index (χ4v) is 1.27. The van der Waals surface area contributed by atoms with Gasteiger partial charge in [-0.3, -0.25) is 9.97 Å². The van der Waals surface area contributed by atoms with Crippen molar-refractivity contribution in [2.45, 2.75) is 0 Å². The molecule has 2 aromatic rings. The maximum atomic E-state index is 6.50. The van der Waals surface area contributed by atoms with Crippen molar-refractivity contribution in [1.82, 2.24) is 9.97 Å². The minimum absolute atomic E-state index is 0.855. The first-order chi connectivity index (χ1) is 9.40. The number of nitrogens with zero attached hydrogens (tertiary/aromatic N) is 5. The smallest absolute Gasteiger partial charge is 0.0885 e. The summed E-state index contributed by atoms with van der Waals surface area (Å²) in [5.41, 5.74) is 2.84. The van der Waals surface area contributed by atoms with Gasteiger partial charge in [0.05, 0.1) is 18.1 Å². The lowest BCUT2D eigenvalue weighted by molar-refractivity contribution is 1.21. The molecule has 0 bridgehead atoms. The normalized spacial score (nSPS) is 8.63. The van der Waals surface area contributed by atoms with Gasteiger partial charge in [-0.2, -0.15) is 5.10 Å². The summed E-state index contributed by atoms with van der Waals surface area (Å²) in [4.78, 5) is 8.21. The second-order valence-electron chi connectivity index (χ2n) is 2.99. The average Bonchev–Trinajstić information content (AvgIpc) is 2.53. The van der Waals surface area contributed by atoms with Crippen molar-refractivity contribution in [2.24, 2.45) is 10.9 Å². The molecule has 0 fully saturated rings. The van der Waals surface area contributed by atoms with Gasteiger partial charge in [0.2, 0.25) is 0 Å². The minimum atomic E-state index is 0.855. The topological polar surface area (TPSA) is 112 Å². The first-order valence-electron chi connectivity index (χ1n) is 5.01. The molecule has 19 heavy (non-hydrogen) atoms. The summed E-state index contributed by atoms with van der Waals surface area (Å²) in [6.45, 7) is 7.00. The Kier molecular flexibility index (Phi) is 8.24. The van der Waals surface area contributed by atoms with Gasteiger partial charge < -0.3 is 5.84 Å². The maximum absolute atomic E-state index is 6.50. The Balaban J connectivity index is 0.000000741. The van der Waals surface area contributed by atoms with Gasteiger partial charge in [-0.1, -0.05) is 24.3 Å². The van der Waals surface area contributed by atoms with Crippen molar-refractivity contribution >= 4 is 6.21 Å². The third-order valence-corrected chi connectivity index (χ3v) is 1.99. The summed E-state index contributed by atoms with van der Waals surface area (Å²) in [6.07, 6.45) is 6.65. The summed E-state index contributed by atoms with van der Waals surface area (Å²) in [7, 11) is 0. The van der Waals surface area contributed by atoms with Crippen LogP contribution in [0.25, 0.3) is 11.3 Å². The Morgan fingerprint density at radius 1 is 1.05 bits per heavy atom. The van der Waals surface area contributed by atoms with Crippen molar-refractivity contribution in [2.75, 3.05) is 0 Å². The Morgan fingerprint density at radius 3 is 2.16 bits per heavy atom. The van der Waals surface area contributed by atoms with Crippen LogP contribution in [0.3, 0.4) is 0 Å². The minimum Gasteiger partial charge on any atom is -0.323 e. The molecule has 2 N–H and O–H groups in total. The molecule has 6 nitrogen and oxygen atoms in total. The van der Waals surface area contributed by atoms with Crippen LogP contribution in [0.1, 0.15) is 5.56 Å². The van der Waals surface area contributed by atoms with Gasteiger partial charge >= 0.3 is 0 Å². The summed E-state index contributed by atoms with van der Waals surface area (Å²) in [6, 6.07) is 7.78. The van der Waals surface area contributed by atoms with Crippen LogP contribution in [0.15, 0.2) is 48.0 Å². The lowest BCUT2D eigenvalue weighted by Crippen LogP contribution is -1.87. The van der Waals surface area contributed by atoms with E-state index in [-0.39, 0.29) is 0 Å². The molecule has 0 saturated carbocycles. The van der Waals surface area contributed by atoms with Crippen molar-refractivity contribution in [3.8, 4) is 24.4 Å². The third-order valence-electron chi connectivity index (χ3n) is 1.99. The predicted octanol–water partition coefficient (Wildman–Crippen LogP) is 1.72. The van der Waals surface area contributed by atoms with Crippen molar-refractivity contribution < 1.29 is 0 Å². The molecule has 0 spiro atoms. The second kappa shape index (κ2) is 9.94. The van der Waals surface area contributed by atoms with Gasteiger partial charge in [0, 0.05) is 31.1 Å². The molecule has 0 radical (unpaired) electrons. The number of hydrazone groups is 1. The number of hydrogen-bond donors (Lipinski definition) is 1. The molecule has 0 aliphatic heterocycles. The molecule has 0 unspecified atom stereocenters. The zero-order valence-electron chi connectivity index (χ0n) is 10.1. The Hall–Kier alpha value is -3.25. The van der Waals surface area contributed by atoms with Crippen LogP contribution >= 0.6 is 0 Å². The van der Waals surface area contributed by atoms with Crippen LogP contribution in [-0.4, -0.2) is 16.2 Å². The molecule has 1 heterocycles. The van der Waals surface area contributed by atoms with Gasteiger partial charge in [-0.25, -0.2) is 10.5 Å². The summed E-state index contributed by atoms with van der Waals surface area (Å²) in [5.74, 6) is 5.06. The molecular formula is C13H12N6. The number of aromatic nitrogens is 2. The first kappa shape index (κ1) is 15.8. The van der Waals surface area contributed by atoms with Gasteiger partial charge in [-0.05, 0) is 5.56 Å². The lowest BCUT2D eigenvalue weighted by Gasteiger charge is -1.99. The van der Waals surface area contributed by atoms with Crippen LogP contribution in [0, 0.1) is 23.7 Å². The number of nitrogens with two attached hydrogens (primary N) is 1. The highest BCUT2D eigenvalue weighted by atomic mass is 15.1. The molecule has 0 aliphatic rings. The largest absolute Gasteiger partial charge is 0.323 e. The zero-order valence-corrected chi connectivity index (χ0v) is 10.1. The number of rotatable bonds is 2. The summed E-state index contributed by atoms with van der Waals surface area (Å²) < 4.78 is 0. The standard InChI is InChI=1S/C11H10N4.2CHN/c12-15-7-9-1-3-10(4-2-9)11-8-13-5-6-14-11;2*1-2/h1-8H,12H2;2*1H. The molecule has 0 amide bonds. The third kappa shape index (κ3) is 5.07. The van der Waals surface area contributed by atoms with E-state index in [1.54, 1.807) is 24.8 Å². The zero-order chi connectivity index (χ0) is 14.5. The van der Waals surface area contributed by atoms with Crippen molar-refractivity contribution in [3.63, 3.8) is 0 Å². The molecule has 1 aromatic heterocycles. The van der Waals surface area contributed by atoms with E-state index in [1.807, 2.05) is 24.3 Å². The number of benzene rings is 1. The summed E-state index contributed by atoms with van der Waals surface area (Å²) in [5, 5.41) is 16.5. The molecule has 2 rings (SSSR count). The molecule has 0 atom stereocenters. The molecule has 0 saturated heterocycles. The molecule has 94 valence electrons. The van der Waals surface area contributed by atoms with Crippen LogP contribution in [-0.2, 0) is 0 Å². The fourth-order valence-electron chi connectivity index (χ4n) is 1.27. The second-order valence-corrected chi connectivity index (χ2v) is 2.99. The Morgan fingerprint density at radius 2 is 1.68 bits per heavy atom. The van der Waals surface area contributed by atoms with Crippen LogP contribution in [0.2, 0.25) is 0 Å². The van der Waals surface area contributed by atoms with Gasteiger partial charge in [0.1, 0.15) is 0 Å². The summed E-state index contributed by atoms with van der Waals surface area (Å²) >= 11 is 0.